The van der Waals surface area contributed by atoms with Crippen LogP contribution in [0.3, 0.4) is 0 Å². The highest BCUT2D eigenvalue weighted by molar-refractivity contribution is 5.97. The molecule has 2 rings (SSSR count). The van der Waals surface area contributed by atoms with E-state index in [4.69, 9.17) is 4.74 Å². The van der Waals surface area contributed by atoms with Crippen LogP contribution in [0.4, 0.5) is 0 Å². The fraction of sp³-hybridized carbons (Fsp3) is 0.267. The van der Waals surface area contributed by atoms with Crippen LogP contribution in [0.5, 0.6) is 5.75 Å². The first kappa shape index (κ1) is 12.4. The molecule has 0 bridgehead atoms. The van der Waals surface area contributed by atoms with Crippen molar-refractivity contribution in [2.75, 3.05) is 6.61 Å². The lowest BCUT2D eigenvalue weighted by Crippen LogP contribution is -2.11. The first-order valence-corrected chi connectivity index (χ1v) is 5.91. The molecule has 0 fully saturated rings. The van der Waals surface area contributed by atoms with Gasteiger partial charge in [0.25, 0.3) is 0 Å². The van der Waals surface area contributed by atoms with Crippen molar-refractivity contribution >= 4 is 5.78 Å². The lowest BCUT2D eigenvalue weighted by molar-refractivity contribution is 0.0921. The molecule has 0 aliphatic rings. The van der Waals surface area contributed by atoms with Crippen LogP contribution in [0, 0.1) is 13.8 Å². The van der Waals surface area contributed by atoms with E-state index in [-0.39, 0.29) is 12.4 Å². The summed E-state index contributed by atoms with van der Waals surface area (Å²) >= 11 is 0. The Morgan fingerprint density at radius 2 is 2.00 bits per heavy atom. The number of carbonyl (C=O) groups excluding carboxylic acids is 1. The number of aromatic nitrogens is 1. The van der Waals surface area contributed by atoms with Crippen LogP contribution in [0.1, 0.15) is 21.5 Å². The number of Topliss-reactive ketones (excluding diaryl/α,β-unsaturated/α-hetero) is 1. The molecule has 3 heteroatoms. The van der Waals surface area contributed by atoms with E-state index in [2.05, 4.69) is 0 Å². The van der Waals surface area contributed by atoms with E-state index in [0.29, 0.717) is 5.56 Å². The number of carbonyl (C=O) groups is 1. The zero-order chi connectivity index (χ0) is 13.1. The molecule has 1 aromatic carbocycles. The van der Waals surface area contributed by atoms with Crippen molar-refractivity contribution in [2.45, 2.75) is 13.8 Å². The third-order valence-corrected chi connectivity index (χ3v) is 3.00. The second-order valence-corrected chi connectivity index (χ2v) is 4.52. The van der Waals surface area contributed by atoms with Gasteiger partial charge in [0.1, 0.15) is 5.75 Å². The Labute approximate surface area is 107 Å². The van der Waals surface area contributed by atoms with Crippen LogP contribution >= 0.6 is 0 Å². The van der Waals surface area contributed by atoms with Gasteiger partial charge in [-0.25, -0.2) is 0 Å². The molecule has 3 nitrogen and oxygen atoms in total. The van der Waals surface area contributed by atoms with Gasteiger partial charge in [-0.15, -0.1) is 0 Å². The highest BCUT2D eigenvalue weighted by Crippen LogP contribution is 2.16. The molecule has 0 atom stereocenters. The predicted octanol–water partition coefficient (Wildman–Crippen LogP) is 2.90. The topological polar surface area (TPSA) is 31.2 Å². The van der Waals surface area contributed by atoms with Crippen molar-refractivity contribution in [3.8, 4) is 5.75 Å². The van der Waals surface area contributed by atoms with Crippen molar-refractivity contribution in [1.82, 2.24) is 4.57 Å². The predicted molar refractivity (Wildman–Crippen MR) is 71.2 cm³/mol. The number of nitrogens with zero attached hydrogens (tertiary/aromatic N) is 1. The summed E-state index contributed by atoms with van der Waals surface area (Å²) in [6.07, 6.45) is 3.65. The van der Waals surface area contributed by atoms with Gasteiger partial charge in [0.05, 0.1) is 0 Å². The van der Waals surface area contributed by atoms with Crippen LogP contribution < -0.4 is 4.74 Å². The van der Waals surface area contributed by atoms with Gasteiger partial charge in [0, 0.05) is 25.0 Å². The highest BCUT2D eigenvalue weighted by Gasteiger charge is 2.08. The largest absolute Gasteiger partial charge is 0.485 e. The Morgan fingerprint density at radius 3 is 2.61 bits per heavy atom. The summed E-state index contributed by atoms with van der Waals surface area (Å²) in [6, 6.07) is 7.64. The number of ether oxygens (including phenoxy) is 1. The van der Waals surface area contributed by atoms with Crippen LogP contribution in [0.2, 0.25) is 0 Å². The lowest BCUT2D eigenvalue weighted by atomic mass is 10.1. The normalized spacial score (nSPS) is 10.4. The molecule has 0 aliphatic carbocycles. The Morgan fingerprint density at radius 1 is 1.22 bits per heavy atom. The average Bonchev–Trinajstić information content (AvgIpc) is 2.77. The number of aryl methyl sites for hydroxylation is 3. The molecule has 1 heterocycles. The Balaban J connectivity index is 1.99. The number of rotatable bonds is 4. The van der Waals surface area contributed by atoms with Gasteiger partial charge in [0.15, 0.2) is 6.61 Å². The van der Waals surface area contributed by atoms with E-state index >= 15 is 0 Å². The van der Waals surface area contributed by atoms with E-state index in [1.54, 1.807) is 12.3 Å². The molecular weight excluding hydrogens is 226 g/mol. The fourth-order valence-electron chi connectivity index (χ4n) is 1.70. The fourth-order valence-corrected chi connectivity index (χ4v) is 1.70. The SMILES string of the molecule is Cc1ccc(OCC(=O)c2ccn(C)c2)cc1C. The molecule has 0 N–H and O–H groups in total. The maximum atomic E-state index is 11.8. The molecule has 2 aromatic rings. The van der Waals surface area contributed by atoms with Crippen molar-refractivity contribution in [1.29, 1.82) is 0 Å². The summed E-state index contributed by atoms with van der Waals surface area (Å²) in [6.45, 7) is 4.15. The van der Waals surface area contributed by atoms with E-state index in [9.17, 15) is 4.79 Å². The van der Waals surface area contributed by atoms with E-state index in [1.165, 1.54) is 11.1 Å². The standard InChI is InChI=1S/C15H17NO2/c1-11-4-5-14(8-12(11)2)18-10-15(17)13-6-7-16(3)9-13/h4-9H,10H2,1-3H3. The minimum atomic E-state index is -0.00571. The number of hydrogen-bond donors (Lipinski definition) is 0. The molecule has 18 heavy (non-hydrogen) atoms. The first-order chi connectivity index (χ1) is 8.56. The molecular formula is C15H17NO2. The molecule has 0 saturated heterocycles. The van der Waals surface area contributed by atoms with Crippen LogP contribution in [0.25, 0.3) is 0 Å². The van der Waals surface area contributed by atoms with Gasteiger partial charge in [-0.2, -0.15) is 0 Å². The van der Waals surface area contributed by atoms with Crippen LogP contribution in [0.15, 0.2) is 36.7 Å². The Kier molecular flexibility index (Phi) is 3.51. The smallest absolute Gasteiger partial charge is 0.201 e. The second-order valence-electron chi connectivity index (χ2n) is 4.52. The van der Waals surface area contributed by atoms with E-state index in [1.807, 2.05) is 49.9 Å². The van der Waals surface area contributed by atoms with E-state index in [0.717, 1.165) is 5.75 Å². The van der Waals surface area contributed by atoms with Gasteiger partial charge in [-0.05, 0) is 43.2 Å². The molecule has 0 radical (unpaired) electrons. The Hall–Kier alpha value is -2.03. The van der Waals surface area contributed by atoms with Crippen LogP contribution in [-0.4, -0.2) is 17.0 Å². The summed E-state index contributed by atoms with van der Waals surface area (Å²) in [4.78, 5) is 11.8. The summed E-state index contributed by atoms with van der Waals surface area (Å²) in [5.74, 6) is 0.733. The first-order valence-electron chi connectivity index (χ1n) is 5.91. The van der Waals surface area contributed by atoms with Gasteiger partial charge < -0.3 is 9.30 Å². The molecule has 0 aliphatic heterocycles. The minimum absolute atomic E-state index is 0.00571. The highest BCUT2D eigenvalue weighted by atomic mass is 16.5. The van der Waals surface area contributed by atoms with Gasteiger partial charge in [-0.3, -0.25) is 4.79 Å². The number of ketones is 1. The molecule has 0 spiro atoms. The lowest BCUT2D eigenvalue weighted by Gasteiger charge is -2.07. The maximum Gasteiger partial charge on any atom is 0.201 e. The monoisotopic (exact) mass is 243 g/mol. The second kappa shape index (κ2) is 5.08. The minimum Gasteiger partial charge on any atom is -0.485 e. The zero-order valence-electron chi connectivity index (χ0n) is 10.9. The number of benzene rings is 1. The third kappa shape index (κ3) is 2.80. The number of hydrogen-bond acceptors (Lipinski definition) is 2. The van der Waals surface area contributed by atoms with Crippen molar-refractivity contribution in [3.63, 3.8) is 0 Å². The molecule has 0 amide bonds. The maximum absolute atomic E-state index is 11.8. The van der Waals surface area contributed by atoms with Gasteiger partial charge in [0.2, 0.25) is 5.78 Å². The summed E-state index contributed by atoms with van der Waals surface area (Å²) in [7, 11) is 1.89. The van der Waals surface area contributed by atoms with Gasteiger partial charge in [-0.1, -0.05) is 6.07 Å². The average molecular weight is 243 g/mol. The molecule has 94 valence electrons. The van der Waals surface area contributed by atoms with Gasteiger partial charge >= 0.3 is 0 Å². The van der Waals surface area contributed by atoms with E-state index < -0.39 is 0 Å². The summed E-state index contributed by atoms with van der Waals surface area (Å²) in [5.41, 5.74) is 3.07. The van der Waals surface area contributed by atoms with Crippen molar-refractivity contribution < 1.29 is 9.53 Å². The summed E-state index contributed by atoms with van der Waals surface area (Å²) < 4.78 is 7.36. The third-order valence-electron chi connectivity index (χ3n) is 3.00. The zero-order valence-corrected chi connectivity index (χ0v) is 10.9. The summed E-state index contributed by atoms with van der Waals surface area (Å²) in [5, 5.41) is 0. The molecule has 1 aromatic heterocycles. The molecule has 0 saturated carbocycles. The van der Waals surface area contributed by atoms with Crippen molar-refractivity contribution in [3.05, 3.63) is 53.3 Å². The molecule has 0 unspecified atom stereocenters. The van der Waals surface area contributed by atoms with Crippen LogP contribution in [-0.2, 0) is 7.05 Å². The quantitative estimate of drug-likeness (QED) is 0.773. The Bertz CT molecular complexity index is 570. The van der Waals surface area contributed by atoms with Crippen molar-refractivity contribution in [2.24, 2.45) is 7.05 Å².